The second-order valence-electron chi connectivity index (χ2n) is 8.58. The molecule has 10 heteroatoms. The van der Waals surface area contributed by atoms with E-state index in [-0.39, 0.29) is 17.9 Å². The van der Waals surface area contributed by atoms with Crippen LogP contribution in [0.2, 0.25) is 0 Å². The second-order valence-corrected chi connectivity index (χ2v) is 10.6. The first-order chi connectivity index (χ1) is 17.3. The first-order valence-electron chi connectivity index (χ1n) is 11.8. The van der Waals surface area contributed by atoms with E-state index in [0.29, 0.717) is 27.0 Å². The van der Waals surface area contributed by atoms with Crippen LogP contribution in [0.15, 0.2) is 61.6 Å². The van der Waals surface area contributed by atoms with Crippen molar-refractivity contribution in [2.75, 3.05) is 6.61 Å². The summed E-state index contributed by atoms with van der Waals surface area (Å²) in [7, 11) is 3.47. The van der Waals surface area contributed by atoms with E-state index in [2.05, 4.69) is 0 Å². The molecule has 0 saturated carbocycles. The third kappa shape index (κ3) is 3.90. The predicted molar refractivity (Wildman–Crippen MR) is 142 cm³/mol. The number of fused-ring (bicyclic) bond motifs is 2. The Morgan fingerprint density at radius 2 is 1.92 bits per heavy atom. The van der Waals surface area contributed by atoms with Crippen molar-refractivity contribution in [2.45, 2.75) is 32.7 Å². The van der Waals surface area contributed by atoms with Gasteiger partial charge in [-0.3, -0.25) is 18.5 Å². The Hall–Kier alpha value is -3.50. The molecule has 4 heterocycles. The highest BCUT2D eigenvalue weighted by Gasteiger charge is 2.34. The number of carbonyl (C=O) groups is 1. The van der Waals surface area contributed by atoms with E-state index >= 15 is 0 Å². The fourth-order valence-electron chi connectivity index (χ4n) is 4.60. The molecule has 1 aliphatic rings. The van der Waals surface area contributed by atoms with Crippen molar-refractivity contribution in [1.29, 1.82) is 0 Å². The van der Waals surface area contributed by atoms with E-state index in [0.717, 1.165) is 27.9 Å². The van der Waals surface area contributed by atoms with Crippen molar-refractivity contribution >= 4 is 45.8 Å². The lowest BCUT2D eigenvalue weighted by atomic mass is 9.99. The molecule has 5 rings (SSSR count). The maximum atomic E-state index is 13.8. The number of benzene rings is 1. The molecule has 1 aromatic carbocycles. The van der Waals surface area contributed by atoms with Crippen molar-refractivity contribution < 1.29 is 9.53 Å². The van der Waals surface area contributed by atoms with Crippen molar-refractivity contribution in [2.24, 2.45) is 19.1 Å². The summed E-state index contributed by atoms with van der Waals surface area (Å²) in [6.45, 7) is 4.05. The van der Waals surface area contributed by atoms with Crippen LogP contribution in [-0.4, -0.2) is 26.3 Å². The number of rotatable bonds is 6. The van der Waals surface area contributed by atoms with Crippen LogP contribution in [0, 0.1) is 0 Å². The first kappa shape index (κ1) is 24.2. The molecular weight excluding hydrogens is 496 g/mol. The minimum atomic E-state index is -0.582. The standard InChI is InChI=1S/C26H26N4O4S2/c1-5-8-16-21(24(32)34-6-2)22(19-9-7-12-35-19)30-23(31)20(36-25(30)27-16)14-15-10-11-17-18(13-15)29(4)26(33)28(17)3/h7,9-14,22H,5-6,8H2,1-4H3/b20-14+/t22-/m0/s1. The zero-order chi connectivity index (χ0) is 25.6. The second kappa shape index (κ2) is 9.51. The molecule has 0 amide bonds. The third-order valence-corrected chi connectivity index (χ3v) is 8.21. The summed E-state index contributed by atoms with van der Waals surface area (Å²) in [4.78, 5) is 45.4. The summed E-state index contributed by atoms with van der Waals surface area (Å²) in [5.74, 6) is -0.437. The quantitative estimate of drug-likeness (QED) is 0.365. The highest BCUT2D eigenvalue weighted by molar-refractivity contribution is 7.10. The Kier molecular flexibility index (Phi) is 6.40. The summed E-state index contributed by atoms with van der Waals surface area (Å²) in [6, 6.07) is 8.94. The van der Waals surface area contributed by atoms with Gasteiger partial charge in [0.15, 0.2) is 4.80 Å². The summed E-state index contributed by atoms with van der Waals surface area (Å²) < 4.78 is 10.7. The molecule has 0 spiro atoms. The molecule has 0 fully saturated rings. The predicted octanol–water partition coefficient (Wildman–Crippen LogP) is 2.83. The van der Waals surface area contributed by atoms with E-state index < -0.39 is 12.0 Å². The maximum absolute atomic E-state index is 13.8. The monoisotopic (exact) mass is 522 g/mol. The van der Waals surface area contributed by atoms with Gasteiger partial charge in [0.05, 0.1) is 33.4 Å². The van der Waals surface area contributed by atoms with Gasteiger partial charge in [0.2, 0.25) is 0 Å². The van der Waals surface area contributed by atoms with E-state index in [1.165, 1.54) is 22.7 Å². The highest BCUT2D eigenvalue weighted by atomic mass is 32.1. The molecule has 8 nitrogen and oxygen atoms in total. The number of thiophene rings is 1. The molecule has 3 aromatic heterocycles. The maximum Gasteiger partial charge on any atom is 0.338 e. The fraction of sp³-hybridized carbons (Fsp3) is 0.308. The van der Waals surface area contributed by atoms with Gasteiger partial charge in [-0.1, -0.05) is 36.8 Å². The molecule has 36 heavy (non-hydrogen) atoms. The SMILES string of the molecule is CCCC1=C(C(=O)OCC)[C@H](c2cccs2)n2c(s/c(=C/c3ccc4c(c3)n(C)c(=O)n4C)c2=O)=N1. The molecule has 0 bridgehead atoms. The summed E-state index contributed by atoms with van der Waals surface area (Å²) in [5, 5.41) is 1.94. The largest absolute Gasteiger partial charge is 0.463 e. The Labute approximate surface area is 214 Å². The zero-order valence-corrected chi connectivity index (χ0v) is 22.1. The number of thiazole rings is 1. The van der Waals surface area contributed by atoms with Crippen molar-refractivity contribution in [1.82, 2.24) is 13.7 Å². The van der Waals surface area contributed by atoms with Gasteiger partial charge in [0, 0.05) is 19.0 Å². The van der Waals surface area contributed by atoms with Gasteiger partial charge >= 0.3 is 11.7 Å². The van der Waals surface area contributed by atoms with Gasteiger partial charge < -0.3 is 4.74 Å². The van der Waals surface area contributed by atoms with Gasteiger partial charge in [-0.05, 0) is 48.6 Å². The number of ether oxygens (including phenoxy) is 1. The number of aromatic nitrogens is 3. The molecular formula is C26H26N4O4S2. The lowest BCUT2D eigenvalue weighted by molar-refractivity contribution is -0.139. The lowest BCUT2D eigenvalue weighted by Crippen LogP contribution is -2.39. The number of carbonyl (C=O) groups excluding carboxylic acids is 1. The van der Waals surface area contributed by atoms with Crippen molar-refractivity contribution in [3.8, 4) is 0 Å². The zero-order valence-electron chi connectivity index (χ0n) is 20.5. The Morgan fingerprint density at radius 1 is 1.14 bits per heavy atom. The number of hydrogen-bond donors (Lipinski definition) is 0. The summed E-state index contributed by atoms with van der Waals surface area (Å²) in [5.41, 5.74) is 3.20. The summed E-state index contributed by atoms with van der Waals surface area (Å²) >= 11 is 2.80. The Balaban J connectivity index is 1.73. The minimum Gasteiger partial charge on any atom is -0.463 e. The van der Waals surface area contributed by atoms with Crippen LogP contribution in [0.5, 0.6) is 0 Å². The van der Waals surface area contributed by atoms with Gasteiger partial charge in [0.25, 0.3) is 5.56 Å². The van der Waals surface area contributed by atoms with Crippen LogP contribution >= 0.6 is 22.7 Å². The van der Waals surface area contributed by atoms with E-state index in [9.17, 15) is 14.4 Å². The van der Waals surface area contributed by atoms with Gasteiger partial charge in [-0.2, -0.15) is 0 Å². The molecule has 0 aliphatic carbocycles. The number of aryl methyl sites for hydroxylation is 2. The molecule has 1 aliphatic heterocycles. The smallest absolute Gasteiger partial charge is 0.338 e. The molecule has 0 unspecified atom stereocenters. The van der Waals surface area contributed by atoms with Crippen LogP contribution in [0.1, 0.15) is 43.2 Å². The average Bonchev–Trinajstić information content (AvgIpc) is 3.55. The number of allylic oxidation sites excluding steroid dienone is 1. The number of nitrogens with zero attached hydrogens (tertiary/aromatic N) is 4. The fourth-order valence-corrected chi connectivity index (χ4v) is 6.45. The van der Waals surface area contributed by atoms with Crippen LogP contribution in [-0.2, 0) is 23.6 Å². The number of imidazole rings is 1. The van der Waals surface area contributed by atoms with Crippen molar-refractivity contribution in [3.63, 3.8) is 0 Å². The highest BCUT2D eigenvalue weighted by Crippen LogP contribution is 2.34. The molecule has 0 radical (unpaired) electrons. The molecule has 0 N–H and O–H groups in total. The van der Waals surface area contributed by atoms with Gasteiger partial charge in [-0.15, -0.1) is 11.3 Å². The molecule has 186 valence electrons. The minimum absolute atomic E-state index is 0.104. The number of hydrogen-bond acceptors (Lipinski definition) is 7. The molecule has 0 saturated heterocycles. The normalized spacial score (nSPS) is 15.9. The van der Waals surface area contributed by atoms with E-state index in [1.807, 2.05) is 48.7 Å². The average molecular weight is 523 g/mol. The van der Waals surface area contributed by atoms with Crippen LogP contribution in [0.3, 0.4) is 0 Å². The van der Waals surface area contributed by atoms with Crippen molar-refractivity contribution in [3.05, 3.63) is 87.6 Å². The number of esters is 1. The van der Waals surface area contributed by atoms with Gasteiger partial charge in [-0.25, -0.2) is 14.6 Å². The first-order valence-corrected chi connectivity index (χ1v) is 13.5. The topological polar surface area (TPSA) is 87.6 Å². The third-order valence-electron chi connectivity index (χ3n) is 6.30. The summed E-state index contributed by atoms with van der Waals surface area (Å²) in [6.07, 6.45) is 3.24. The van der Waals surface area contributed by atoms with E-state index in [4.69, 9.17) is 9.73 Å². The Morgan fingerprint density at radius 3 is 2.61 bits per heavy atom. The van der Waals surface area contributed by atoms with Crippen LogP contribution in [0.4, 0.5) is 0 Å². The molecule has 1 atom stereocenters. The van der Waals surface area contributed by atoms with Crippen LogP contribution < -0.4 is 20.6 Å². The van der Waals surface area contributed by atoms with E-state index in [1.54, 1.807) is 34.7 Å². The molecule has 4 aromatic rings. The lowest BCUT2D eigenvalue weighted by Gasteiger charge is -2.24. The Bertz CT molecular complexity index is 1750. The van der Waals surface area contributed by atoms with Gasteiger partial charge in [0.1, 0.15) is 6.04 Å². The van der Waals surface area contributed by atoms with Crippen LogP contribution in [0.25, 0.3) is 17.1 Å².